The molecule has 0 saturated carbocycles. The van der Waals surface area contributed by atoms with Crippen LogP contribution in [0.5, 0.6) is 0 Å². The smallest absolute Gasteiger partial charge is 0.328 e. The highest BCUT2D eigenvalue weighted by molar-refractivity contribution is 5.75. The van der Waals surface area contributed by atoms with E-state index in [-0.39, 0.29) is 18.4 Å². The summed E-state index contributed by atoms with van der Waals surface area (Å²) in [5.74, 6) is -0.286. The minimum absolute atomic E-state index is 0.00499. The molecule has 0 bridgehead atoms. The molecule has 0 aliphatic rings. The van der Waals surface area contributed by atoms with Gasteiger partial charge in [-0.1, -0.05) is 60.7 Å². The van der Waals surface area contributed by atoms with Crippen LogP contribution in [0, 0.1) is 6.92 Å². The van der Waals surface area contributed by atoms with Gasteiger partial charge in [0.1, 0.15) is 6.54 Å². The fourth-order valence-corrected chi connectivity index (χ4v) is 2.96. The van der Waals surface area contributed by atoms with E-state index in [0.717, 1.165) is 11.1 Å². The Morgan fingerprint density at radius 2 is 1.56 bits per heavy atom. The van der Waals surface area contributed by atoms with Crippen LogP contribution in [0.3, 0.4) is 0 Å². The number of nitrogens with zero attached hydrogens (tertiary/aromatic N) is 1. The van der Waals surface area contributed by atoms with E-state index in [9.17, 15) is 14.4 Å². The topological polar surface area (TPSA) is 84.0 Å². The largest absolute Gasteiger partial charge is 0.354 e. The zero-order chi connectivity index (χ0) is 19.2. The number of carbonyl (C=O) groups excluding carboxylic acids is 1. The molecule has 1 heterocycles. The number of aromatic nitrogens is 2. The highest BCUT2D eigenvalue weighted by Crippen LogP contribution is 2.23. The van der Waals surface area contributed by atoms with Crippen LogP contribution < -0.4 is 16.6 Å². The number of hydrogen-bond acceptors (Lipinski definition) is 3. The van der Waals surface area contributed by atoms with Gasteiger partial charge in [-0.15, -0.1) is 0 Å². The second-order valence-electron chi connectivity index (χ2n) is 6.38. The van der Waals surface area contributed by atoms with Gasteiger partial charge in [-0.2, -0.15) is 0 Å². The summed E-state index contributed by atoms with van der Waals surface area (Å²) >= 11 is 0. The molecule has 0 atom stereocenters. The second kappa shape index (κ2) is 8.31. The van der Waals surface area contributed by atoms with E-state index in [0.29, 0.717) is 12.1 Å². The van der Waals surface area contributed by atoms with E-state index in [1.807, 2.05) is 60.7 Å². The third-order valence-electron chi connectivity index (χ3n) is 4.41. The maximum absolute atomic E-state index is 12.4. The maximum atomic E-state index is 12.4. The van der Waals surface area contributed by atoms with Gasteiger partial charge in [0.05, 0.1) is 0 Å². The third-order valence-corrected chi connectivity index (χ3v) is 4.41. The number of H-pyrrole nitrogens is 1. The predicted molar refractivity (Wildman–Crippen MR) is 104 cm³/mol. The molecule has 0 fully saturated rings. The number of aryl methyl sites for hydroxylation is 1. The van der Waals surface area contributed by atoms with Crippen molar-refractivity contribution < 1.29 is 4.79 Å². The van der Waals surface area contributed by atoms with E-state index in [1.54, 1.807) is 6.92 Å². The maximum Gasteiger partial charge on any atom is 0.328 e. The first-order chi connectivity index (χ1) is 13.0. The van der Waals surface area contributed by atoms with Crippen LogP contribution in [-0.4, -0.2) is 22.0 Å². The molecule has 3 rings (SSSR count). The van der Waals surface area contributed by atoms with Gasteiger partial charge in [0.15, 0.2) is 0 Å². The molecule has 0 aliphatic heterocycles. The van der Waals surface area contributed by atoms with E-state index in [1.165, 1.54) is 10.8 Å². The zero-order valence-electron chi connectivity index (χ0n) is 15.0. The number of rotatable bonds is 6. The SMILES string of the molecule is Cc1cn(CC(=O)NCC(c2ccccc2)c2ccccc2)c(=O)[nH]c1=O. The number of aromatic amines is 1. The first-order valence-electron chi connectivity index (χ1n) is 8.71. The summed E-state index contributed by atoms with van der Waals surface area (Å²) in [6.45, 7) is 1.85. The molecule has 0 radical (unpaired) electrons. The van der Waals surface area contributed by atoms with Crippen LogP contribution >= 0.6 is 0 Å². The van der Waals surface area contributed by atoms with Gasteiger partial charge in [0.2, 0.25) is 5.91 Å². The minimum Gasteiger partial charge on any atom is -0.354 e. The van der Waals surface area contributed by atoms with Crippen molar-refractivity contribution in [2.24, 2.45) is 0 Å². The fraction of sp³-hybridized carbons (Fsp3) is 0.190. The molecule has 0 spiro atoms. The molecule has 27 heavy (non-hydrogen) atoms. The second-order valence-corrected chi connectivity index (χ2v) is 6.38. The van der Waals surface area contributed by atoms with E-state index in [4.69, 9.17) is 0 Å². The molecule has 2 aromatic carbocycles. The normalized spacial score (nSPS) is 10.7. The third kappa shape index (κ3) is 4.61. The Bertz CT molecular complexity index is 984. The van der Waals surface area contributed by atoms with E-state index in [2.05, 4.69) is 10.3 Å². The number of benzene rings is 2. The summed E-state index contributed by atoms with van der Waals surface area (Å²) in [5.41, 5.74) is 1.55. The lowest BCUT2D eigenvalue weighted by atomic mass is 9.91. The van der Waals surface area contributed by atoms with Crippen LogP contribution in [0.15, 0.2) is 76.4 Å². The predicted octanol–water partition coefficient (Wildman–Crippen LogP) is 1.79. The summed E-state index contributed by atoms with van der Waals surface area (Å²) in [5, 5.41) is 2.90. The molecule has 138 valence electrons. The Morgan fingerprint density at radius 1 is 1.00 bits per heavy atom. The molecular weight excluding hydrogens is 342 g/mol. The molecule has 0 unspecified atom stereocenters. The van der Waals surface area contributed by atoms with Gasteiger partial charge in [-0.05, 0) is 18.1 Å². The first-order valence-corrected chi connectivity index (χ1v) is 8.71. The monoisotopic (exact) mass is 363 g/mol. The number of nitrogens with one attached hydrogen (secondary N) is 2. The quantitative estimate of drug-likeness (QED) is 0.700. The summed E-state index contributed by atoms with van der Waals surface area (Å²) in [6, 6.07) is 19.9. The van der Waals surface area contributed by atoms with Crippen molar-refractivity contribution in [3.05, 3.63) is 104 Å². The Labute approximate surface area is 156 Å². The standard InChI is InChI=1S/C21H21N3O3/c1-15-13-24(21(27)23-20(15)26)14-19(25)22-12-18(16-8-4-2-5-9-16)17-10-6-3-7-11-17/h2-11,13,18H,12,14H2,1H3,(H,22,25)(H,23,26,27). The van der Waals surface area contributed by atoms with Gasteiger partial charge in [-0.3, -0.25) is 19.1 Å². The minimum atomic E-state index is -0.594. The molecule has 3 aromatic rings. The Hall–Kier alpha value is -3.41. The molecule has 1 amide bonds. The van der Waals surface area contributed by atoms with E-state index < -0.39 is 11.2 Å². The molecule has 6 nitrogen and oxygen atoms in total. The zero-order valence-corrected chi connectivity index (χ0v) is 15.0. The molecule has 1 aromatic heterocycles. The van der Waals surface area contributed by atoms with Gasteiger partial charge < -0.3 is 5.32 Å². The molecule has 0 aliphatic carbocycles. The lowest BCUT2D eigenvalue weighted by Gasteiger charge is -2.19. The average molecular weight is 363 g/mol. The fourth-order valence-electron chi connectivity index (χ4n) is 2.96. The van der Waals surface area contributed by atoms with Crippen LogP contribution in [0.1, 0.15) is 22.6 Å². The first kappa shape index (κ1) is 18.4. The molecule has 2 N–H and O–H groups in total. The molecular formula is C21H21N3O3. The van der Waals surface area contributed by atoms with Crippen molar-refractivity contribution in [2.45, 2.75) is 19.4 Å². The highest BCUT2D eigenvalue weighted by Gasteiger charge is 2.15. The van der Waals surface area contributed by atoms with Crippen molar-refractivity contribution >= 4 is 5.91 Å². The van der Waals surface area contributed by atoms with Crippen molar-refractivity contribution in [2.75, 3.05) is 6.54 Å². The summed E-state index contributed by atoms with van der Waals surface area (Å²) in [7, 11) is 0. The van der Waals surface area contributed by atoms with Gasteiger partial charge in [0.25, 0.3) is 5.56 Å². The Morgan fingerprint density at radius 3 is 2.11 bits per heavy atom. The summed E-state index contributed by atoms with van der Waals surface area (Å²) in [6.07, 6.45) is 1.40. The molecule has 6 heteroatoms. The number of hydrogen-bond donors (Lipinski definition) is 2. The van der Waals surface area contributed by atoms with Crippen molar-refractivity contribution in [3.63, 3.8) is 0 Å². The van der Waals surface area contributed by atoms with Crippen molar-refractivity contribution in [3.8, 4) is 0 Å². The number of amides is 1. The van der Waals surface area contributed by atoms with Crippen molar-refractivity contribution in [1.29, 1.82) is 0 Å². The van der Waals surface area contributed by atoms with Crippen molar-refractivity contribution in [1.82, 2.24) is 14.9 Å². The lowest BCUT2D eigenvalue weighted by molar-refractivity contribution is -0.121. The average Bonchev–Trinajstić information content (AvgIpc) is 2.68. The van der Waals surface area contributed by atoms with Gasteiger partial charge >= 0.3 is 5.69 Å². The Kier molecular flexibility index (Phi) is 5.66. The highest BCUT2D eigenvalue weighted by atomic mass is 16.2. The number of carbonyl (C=O) groups is 1. The van der Waals surface area contributed by atoms with Crippen LogP contribution in [0.2, 0.25) is 0 Å². The Balaban J connectivity index is 1.74. The summed E-state index contributed by atoms with van der Waals surface area (Å²) in [4.78, 5) is 37.8. The van der Waals surface area contributed by atoms with Crippen LogP contribution in [0.4, 0.5) is 0 Å². The van der Waals surface area contributed by atoms with E-state index >= 15 is 0 Å². The van der Waals surface area contributed by atoms with Crippen LogP contribution in [0.25, 0.3) is 0 Å². The molecule has 0 saturated heterocycles. The lowest BCUT2D eigenvalue weighted by Crippen LogP contribution is -2.37. The van der Waals surface area contributed by atoms with Crippen LogP contribution in [-0.2, 0) is 11.3 Å². The van der Waals surface area contributed by atoms with Gasteiger partial charge in [0, 0.05) is 24.2 Å². The summed E-state index contributed by atoms with van der Waals surface area (Å²) < 4.78 is 1.20. The van der Waals surface area contributed by atoms with Gasteiger partial charge in [-0.25, -0.2) is 4.79 Å².